The van der Waals surface area contributed by atoms with Gasteiger partial charge in [-0.2, -0.15) is 0 Å². The molecule has 5 heteroatoms. The molecule has 2 heterocycles. The summed E-state index contributed by atoms with van der Waals surface area (Å²) in [5.74, 6) is 0.510. The van der Waals surface area contributed by atoms with E-state index in [2.05, 4.69) is 31.6 Å². The fourth-order valence-corrected chi connectivity index (χ4v) is 0.868. The maximum atomic E-state index is 3.98. The summed E-state index contributed by atoms with van der Waals surface area (Å²) in [6, 6.07) is 0. The largest absolute Gasteiger partial charge is 0.329 e. The predicted molar refractivity (Wildman–Crippen MR) is 40.9 cm³/mol. The minimum Gasteiger partial charge on any atom is -0.329 e. The van der Waals surface area contributed by atoms with Crippen LogP contribution >= 0.6 is 0 Å². The van der Waals surface area contributed by atoms with E-state index in [9.17, 15) is 0 Å². The van der Waals surface area contributed by atoms with Crippen molar-refractivity contribution in [2.24, 2.45) is 4.99 Å². The maximum absolute atomic E-state index is 3.98. The lowest BCUT2D eigenvalue weighted by atomic mass is 10.5. The molecule has 0 aliphatic heterocycles. The quantitative estimate of drug-likeness (QED) is 0.603. The van der Waals surface area contributed by atoms with Gasteiger partial charge in [-0.1, -0.05) is 0 Å². The van der Waals surface area contributed by atoms with Crippen molar-refractivity contribution in [3.8, 4) is 0 Å². The minimum absolute atomic E-state index is 0.510. The van der Waals surface area contributed by atoms with Gasteiger partial charge in [-0.15, -0.1) is 0 Å². The summed E-state index contributed by atoms with van der Waals surface area (Å²) < 4.78 is 0. The Bertz CT molecular complexity index is 391. The van der Waals surface area contributed by atoms with Crippen LogP contribution in [0.15, 0.2) is 17.6 Å². The maximum Gasteiger partial charge on any atom is 0.182 e. The van der Waals surface area contributed by atoms with Crippen molar-refractivity contribution in [1.29, 1.82) is 0 Å². The number of fused-ring (bicyclic) bond motifs is 1. The number of nitrogens with one attached hydrogen (secondary N) is 1. The number of aromatic nitrogens is 4. The molecule has 0 amide bonds. The van der Waals surface area contributed by atoms with Crippen molar-refractivity contribution in [3.05, 3.63) is 12.7 Å². The van der Waals surface area contributed by atoms with Crippen molar-refractivity contribution in [2.45, 2.75) is 0 Å². The summed E-state index contributed by atoms with van der Waals surface area (Å²) in [4.78, 5) is 18.3. The molecule has 0 saturated heterocycles. The Morgan fingerprint density at radius 2 is 2.27 bits per heavy atom. The number of imidazole rings is 1. The highest BCUT2D eigenvalue weighted by Crippen LogP contribution is 2.15. The molecule has 0 aromatic carbocycles. The first-order chi connectivity index (χ1) is 5.42. The molecule has 0 bridgehead atoms. The highest BCUT2D eigenvalue weighted by molar-refractivity contribution is 5.80. The van der Waals surface area contributed by atoms with E-state index in [1.54, 1.807) is 6.33 Å². The lowest BCUT2D eigenvalue weighted by molar-refractivity contribution is 1.19. The van der Waals surface area contributed by atoms with Crippen LogP contribution in [0.3, 0.4) is 0 Å². The Balaban J connectivity index is 2.88. The topological polar surface area (TPSA) is 66.8 Å². The van der Waals surface area contributed by atoms with Gasteiger partial charge in [0.05, 0.1) is 6.33 Å². The zero-order valence-electron chi connectivity index (χ0n) is 5.65. The van der Waals surface area contributed by atoms with Gasteiger partial charge in [-0.25, -0.2) is 19.9 Å². The first-order valence-electron chi connectivity index (χ1n) is 3.02. The van der Waals surface area contributed by atoms with Crippen molar-refractivity contribution < 1.29 is 0 Å². The smallest absolute Gasteiger partial charge is 0.182 e. The summed E-state index contributed by atoms with van der Waals surface area (Å²) in [6.07, 6.45) is 2.97. The zero-order valence-corrected chi connectivity index (χ0v) is 5.65. The number of hydrogen-bond donors (Lipinski definition) is 1. The van der Waals surface area contributed by atoms with Gasteiger partial charge in [0.15, 0.2) is 17.0 Å². The van der Waals surface area contributed by atoms with E-state index in [1.165, 1.54) is 6.33 Å². The van der Waals surface area contributed by atoms with Crippen molar-refractivity contribution in [1.82, 2.24) is 19.9 Å². The summed E-state index contributed by atoms with van der Waals surface area (Å²) >= 11 is 0. The van der Waals surface area contributed by atoms with E-state index < -0.39 is 0 Å². The second kappa shape index (κ2) is 2.12. The van der Waals surface area contributed by atoms with E-state index in [0.717, 1.165) is 0 Å². The van der Waals surface area contributed by atoms with Gasteiger partial charge in [-0.3, -0.25) is 0 Å². The van der Waals surface area contributed by atoms with Gasteiger partial charge in [0.2, 0.25) is 0 Å². The second-order valence-electron chi connectivity index (χ2n) is 1.96. The molecule has 0 atom stereocenters. The van der Waals surface area contributed by atoms with E-state index in [0.29, 0.717) is 17.0 Å². The number of hydrogen-bond acceptors (Lipinski definition) is 4. The van der Waals surface area contributed by atoms with Crippen LogP contribution < -0.4 is 0 Å². The first kappa shape index (κ1) is 5.96. The lowest BCUT2D eigenvalue weighted by Crippen LogP contribution is -1.80. The van der Waals surface area contributed by atoms with Gasteiger partial charge < -0.3 is 4.98 Å². The highest BCUT2D eigenvalue weighted by Gasteiger charge is 2.01. The summed E-state index contributed by atoms with van der Waals surface area (Å²) in [6.45, 7) is 3.37. The van der Waals surface area contributed by atoms with Crippen molar-refractivity contribution in [2.75, 3.05) is 0 Å². The monoisotopic (exact) mass is 147 g/mol. The first-order valence-corrected chi connectivity index (χ1v) is 3.02. The Hall–Kier alpha value is -1.78. The molecule has 0 unspecified atom stereocenters. The molecule has 2 rings (SSSR count). The third kappa shape index (κ3) is 0.778. The molecule has 2 aromatic heterocycles. The van der Waals surface area contributed by atoms with Crippen molar-refractivity contribution in [3.63, 3.8) is 0 Å². The van der Waals surface area contributed by atoms with E-state index in [-0.39, 0.29) is 0 Å². The zero-order chi connectivity index (χ0) is 7.68. The molecule has 0 saturated carbocycles. The SMILES string of the molecule is C=Nc1ncnc2[nH]cnc12. The van der Waals surface area contributed by atoms with Crippen LogP contribution in [0.5, 0.6) is 0 Å². The molecule has 0 spiro atoms. The van der Waals surface area contributed by atoms with Crippen LogP contribution in [0.25, 0.3) is 11.2 Å². The van der Waals surface area contributed by atoms with Crippen LogP contribution in [-0.4, -0.2) is 26.7 Å². The summed E-state index contributed by atoms with van der Waals surface area (Å²) in [7, 11) is 0. The van der Waals surface area contributed by atoms with E-state index >= 15 is 0 Å². The summed E-state index contributed by atoms with van der Waals surface area (Å²) in [5, 5.41) is 0. The van der Waals surface area contributed by atoms with Gasteiger partial charge >= 0.3 is 0 Å². The Morgan fingerprint density at radius 1 is 1.36 bits per heavy atom. The molecule has 54 valence electrons. The number of rotatable bonds is 1. The van der Waals surface area contributed by atoms with Gasteiger partial charge in [0, 0.05) is 0 Å². The molecule has 5 nitrogen and oxygen atoms in total. The average molecular weight is 147 g/mol. The van der Waals surface area contributed by atoms with Crippen LogP contribution in [0.2, 0.25) is 0 Å². The molecular weight excluding hydrogens is 142 g/mol. The predicted octanol–water partition coefficient (Wildman–Crippen LogP) is 0.685. The van der Waals surface area contributed by atoms with Crippen LogP contribution in [0, 0.1) is 0 Å². The van der Waals surface area contributed by atoms with Gasteiger partial charge in [0.1, 0.15) is 6.33 Å². The third-order valence-corrected chi connectivity index (χ3v) is 1.35. The molecule has 0 aliphatic carbocycles. The molecular formula is C6H5N5. The lowest BCUT2D eigenvalue weighted by Gasteiger charge is -1.89. The molecule has 0 radical (unpaired) electrons. The highest BCUT2D eigenvalue weighted by atomic mass is 15.0. The normalized spacial score (nSPS) is 10.2. The number of aliphatic imine (C=N–C) groups is 1. The van der Waals surface area contributed by atoms with Gasteiger partial charge in [0.25, 0.3) is 0 Å². The fourth-order valence-electron chi connectivity index (χ4n) is 0.868. The molecule has 0 fully saturated rings. The Labute approximate surface area is 62.2 Å². The van der Waals surface area contributed by atoms with E-state index in [4.69, 9.17) is 0 Å². The second-order valence-corrected chi connectivity index (χ2v) is 1.96. The fraction of sp³-hybridized carbons (Fsp3) is 0. The standard InChI is InChI=1S/C6H5N5/c1-7-5-4-6(10-2-8-4)11-3-9-5/h2-3H,1H2,(H,8,9,10,11). The average Bonchev–Trinajstić information content (AvgIpc) is 2.50. The molecule has 2 aromatic rings. The van der Waals surface area contributed by atoms with E-state index in [1.807, 2.05) is 0 Å². The molecule has 1 N–H and O–H groups in total. The minimum atomic E-state index is 0.510. The number of nitrogens with zero attached hydrogens (tertiary/aromatic N) is 4. The number of H-pyrrole nitrogens is 1. The molecule has 11 heavy (non-hydrogen) atoms. The van der Waals surface area contributed by atoms with Crippen molar-refractivity contribution >= 4 is 23.7 Å². The number of aromatic amines is 1. The Morgan fingerprint density at radius 3 is 3.09 bits per heavy atom. The van der Waals surface area contributed by atoms with Crippen LogP contribution in [0.4, 0.5) is 5.82 Å². The third-order valence-electron chi connectivity index (χ3n) is 1.35. The van der Waals surface area contributed by atoms with Gasteiger partial charge in [-0.05, 0) is 6.72 Å². The summed E-state index contributed by atoms with van der Waals surface area (Å²) in [5.41, 5.74) is 1.34. The molecule has 0 aliphatic rings. The van der Waals surface area contributed by atoms with Crippen LogP contribution in [0.1, 0.15) is 0 Å². The van der Waals surface area contributed by atoms with Crippen LogP contribution in [-0.2, 0) is 0 Å². The Kier molecular flexibility index (Phi) is 1.15.